The first-order valence-electron chi connectivity index (χ1n) is 5.18. The molecule has 1 heterocycles. The van der Waals surface area contributed by atoms with Gasteiger partial charge in [0.15, 0.2) is 0 Å². The van der Waals surface area contributed by atoms with Crippen molar-refractivity contribution >= 4 is 0 Å². The molecule has 0 aromatic carbocycles. The van der Waals surface area contributed by atoms with Crippen molar-refractivity contribution in [2.45, 2.75) is 26.2 Å². The van der Waals surface area contributed by atoms with E-state index in [1.165, 1.54) is 19.3 Å². The van der Waals surface area contributed by atoms with Gasteiger partial charge in [-0.05, 0) is 37.8 Å². The highest BCUT2D eigenvalue weighted by Crippen LogP contribution is 2.32. The Morgan fingerprint density at radius 1 is 1.38 bits per heavy atom. The maximum absolute atomic E-state index is 5.19. The molecule has 0 amide bonds. The summed E-state index contributed by atoms with van der Waals surface area (Å²) < 4.78 is 0. The van der Waals surface area contributed by atoms with Gasteiger partial charge in [-0.3, -0.25) is 0 Å². The van der Waals surface area contributed by atoms with E-state index in [2.05, 4.69) is 12.2 Å². The van der Waals surface area contributed by atoms with Crippen molar-refractivity contribution in [1.82, 2.24) is 10.4 Å². The Balaban J connectivity index is 2.47. The number of rotatable bonds is 4. The Kier molecular flexibility index (Phi) is 4.16. The van der Waals surface area contributed by atoms with E-state index in [1.807, 2.05) is 12.1 Å². The highest BCUT2D eigenvalue weighted by atomic mass is 16.7. The number of nitrogens with one attached hydrogen (secondary N) is 1. The molecule has 3 nitrogen and oxygen atoms in total. The van der Waals surface area contributed by atoms with E-state index < -0.39 is 0 Å². The van der Waals surface area contributed by atoms with E-state index >= 15 is 0 Å². The first-order chi connectivity index (χ1) is 6.22. The van der Waals surface area contributed by atoms with Crippen LogP contribution in [0.3, 0.4) is 0 Å². The largest absolute Gasteiger partial charge is 0.317 e. The Labute approximate surface area is 81.4 Å². The van der Waals surface area contributed by atoms with Crippen molar-refractivity contribution in [3.63, 3.8) is 0 Å². The predicted octanol–water partition coefficient (Wildman–Crippen LogP) is 1.26. The van der Waals surface area contributed by atoms with Crippen LogP contribution < -0.4 is 5.32 Å². The maximum Gasteiger partial charge on any atom is 0.0575 e. The molecule has 1 fully saturated rings. The highest BCUT2D eigenvalue weighted by molar-refractivity contribution is 4.84. The first-order valence-corrected chi connectivity index (χ1v) is 5.18. The topological polar surface area (TPSA) is 24.5 Å². The van der Waals surface area contributed by atoms with E-state index in [0.29, 0.717) is 5.41 Å². The van der Waals surface area contributed by atoms with Gasteiger partial charge in [-0.15, -0.1) is 0 Å². The quantitative estimate of drug-likeness (QED) is 0.669. The monoisotopic (exact) mass is 186 g/mol. The smallest absolute Gasteiger partial charge is 0.0575 e. The molecule has 0 aromatic rings. The van der Waals surface area contributed by atoms with Gasteiger partial charge in [-0.2, -0.15) is 5.06 Å². The van der Waals surface area contributed by atoms with E-state index in [0.717, 1.165) is 19.6 Å². The average Bonchev–Trinajstić information content (AvgIpc) is 2.19. The number of nitrogens with zero attached hydrogens (tertiary/aromatic N) is 1. The van der Waals surface area contributed by atoms with Gasteiger partial charge in [-0.1, -0.05) is 6.92 Å². The summed E-state index contributed by atoms with van der Waals surface area (Å²) in [4.78, 5) is 5.19. The Morgan fingerprint density at radius 3 is 2.46 bits per heavy atom. The molecular weight excluding hydrogens is 164 g/mol. The van der Waals surface area contributed by atoms with Crippen molar-refractivity contribution in [3.05, 3.63) is 0 Å². The van der Waals surface area contributed by atoms with Gasteiger partial charge >= 0.3 is 0 Å². The fraction of sp³-hybridized carbons (Fsp3) is 1.00. The van der Waals surface area contributed by atoms with Crippen LogP contribution in [0.4, 0.5) is 0 Å². The third-order valence-corrected chi connectivity index (χ3v) is 3.28. The molecule has 0 aliphatic carbocycles. The summed E-state index contributed by atoms with van der Waals surface area (Å²) in [6.45, 7) is 5.66. The fourth-order valence-corrected chi connectivity index (χ4v) is 2.12. The van der Waals surface area contributed by atoms with Gasteiger partial charge in [0.05, 0.1) is 7.11 Å². The Morgan fingerprint density at radius 2 is 2.00 bits per heavy atom. The SMILES string of the molecule is CCC1(CN(C)OC)CCNCC1. The second-order valence-corrected chi connectivity index (χ2v) is 4.07. The minimum absolute atomic E-state index is 0.482. The molecule has 0 spiro atoms. The zero-order chi connectivity index (χ0) is 9.73. The standard InChI is InChI=1S/C10H22N2O/c1-4-10(9-12(2)13-3)5-7-11-8-6-10/h11H,4-9H2,1-3H3. The second-order valence-electron chi connectivity index (χ2n) is 4.07. The van der Waals surface area contributed by atoms with Gasteiger partial charge < -0.3 is 10.2 Å². The number of hydroxylamine groups is 2. The first kappa shape index (κ1) is 11.0. The lowest BCUT2D eigenvalue weighted by molar-refractivity contribution is -0.136. The molecule has 13 heavy (non-hydrogen) atoms. The number of piperidine rings is 1. The molecule has 0 saturated carbocycles. The summed E-state index contributed by atoms with van der Waals surface area (Å²) in [6.07, 6.45) is 3.80. The van der Waals surface area contributed by atoms with Crippen LogP contribution >= 0.6 is 0 Å². The predicted molar refractivity (Wildman–Crippen MR) is 54.5 cm³/mol. The van der Waals surface area contributed by atoms with Crippen molar-refractivity contribution in [3.8, 4) is 0 Å². The summed E-state index contributed by atoms with van der Waals surface area (Å²) in [5, 5.41) is 5.36. The average molecular weight is 186 g/mol. The molecule has 1 saturated heterocycles. The number of hydrogen-bond donors (Lipinski definition) is 1. The van der Waals surface area contributed by atoms with Gasteiger partial charge in [0.1, 0.15) is 0 Å². The molecule has 0 radical (unpaired) electrons. The van der Waals surface area contributed by atoms with Gasteiger partial charge in [0, 0.05) is 13.6 Å². The molecule has 3 heteroatoms. The third kappa shape index (κ3) is 2.93. The van der Waals surface area contributed by atoms with Crippen molar-refractivity contribution in [2.75, 3.05) is 33.8 Å². The fourth-order valence-electron chi connectivity index (χ4n) is 2.12. The summed E-state index contributed by atoms with van der Waals surface area (Å²) in [5.41, 5.74) is 0.482. The van der Waals surface area contributed by atoms with E-state index in [1.54, 1.807) is 7.11 Å². The molecule has 1 aliphatic rings. The number of hydrogen-bond acceptors (Lipinski definition) is 3. The summed E-state index contributed by atoms with van der Waals surface area (Å²) in [5.74, 6) is 0. The summed E-state index contributed by atoms with van der Waals surface area (Å²) in [7, 11) is 3.75. The molecule has 0 bridgehead atoms. The van der Waals surface area contributed by atoms with Crippen LogP contribution in [0.5, 0.6) is 0 Å². The van der Waals surface area contributed by atoms with Crippen LogP contribution in [-0.4, -0.2) is 38.9 Å². The van der Waals surface area contributed by atoms with Crippen LogP contribution in [0.15, 0.2) is 0 Å². The van der Waals surface area contributed by atoms with Crippen molar-refractivity contribution in [1.29, 1.82) is 0 Å². The normalized spacial score (nSPS) is 22.2. The lowest BCUT2D eigenvalue weighted by Crippen LogP contribution is -2.43. The maximum atomic E-state index is 5.19. The van der Waals surface area contributed by atoms with Gasteiger partial charge in [0.25, 0.3) is 0 Å². The zero-order valence-electron chi connectivity index (χ0n) is 9.10. The van der Waals surface area contributed by atoms with Gasteiger partial charge in [0.2, 0.25) is 0 Å². The van der Waals surface area contributed by atoms with Crippen LogP contribution in [0.1, 0.15) is 26.2 Å². The van der Waals surface area contributed by atoms with E-state index in [9.17, 15) is 0 Å². The van der Waals surface area contributed by atoms with Crippen LogP contribution in [0.2, 0.25) is 0 Å². The minimum Gasteiger partial charge on any atom is -0.317 e. The zero-order valence-corrected chi connectivity index (χ0v) is 9.10. The van der Waals surface area contributed by atoms with E-state index in [4.69, 9.17) is 4.84 Å². The summed E-state index contributed by atoms with van der Waals surface area (Å²) >= 11 is 0. The Hall–Kier alpha value is -0.120. The highest BCUT2D eigenvalue weighted by Gasteiger charge is 2.31. The third-order valence-electron chi connectivity index (χ3n) is 3.28. The van der Waals surface area contributed by atoms with E-state index in [-0.39, 0.29) is 0 Å². The molecule has 1 rings (SSSR count). The van der Waals surface area contributed by atoms with Crippen LogP contribution in [0, 0.1) is 5.41 Å². The molecule has 1 aliphatic heterocycles. The van der Waals surface area contributed by atoms with Crippen molar-refractivity contribution < 1.29 is 4.84 Å². The molecule has 1 N–H and O–H groups in total. The lowest BCUT2D eigenvalue weighted by atomic mass is 9.76. The minimum atomic E-state index is 0.482. The van der Waals surface area contributed by atoms with Crippen molar-refractivity contribution in [2.24, 2.45) is 5.41 Å². The molecular formula is C10H22N2O. The second kappa shape index (κ2) is 4.94. The van der Waals surface area contributed by atoms with Crippen LogP contribution in [0.25, 0.3) is 0 Å². The Bertz CT molecular complexity index is 144. The molecule has 0 aromatic heterocycles. The molecule has 0 atom stereocenters. The lowest BCUT2D eigenvalue weighted by Gasteiger charge is -2.39. The molecule has 0 unspecified atom stereocenters. The van der Waals surface area contributed by atoms with Crippen LogP contribution in [-0.2, 0) is 4.84 Å². The molecule has 78 valence electrons. The van der Waals surface area contributed by atoms with Gasteiger partial charge in [-0.25, -0.2) is 0 Å². The summed E-state index contributed by atoms with van der Waals surface area (Å²) in [6, 6.07) is 0.